The Kier molecular flexibility index (Phi) is 3.99. The van der Waals surface area contributed by atoms with Gasteiger partial charge in [-0.15, -0.1) is 11.3 Å². The third kappa shape index (κ3) is 2.28. The fourth-order valence-electron chi connectivity index (χ4n) is 1.07. The molecule has 78 valence electrons. The molecule has 0 saturated carbocycles. The third-order valence-corrected chi connectivity index (χ3v) is 2.75. The minimum Gasteiger partial charge on any atom is -0.378 e. The van der Waals surface area contributed by atoms with Crippen LogP contribution in [0, 0.1) is 0 Å². The van der Waals surface area contributed by atoms with E-state index in [9.17, 15) is 4.79 Å². The second kappa shape index (κ2) is 5.04. The highest BCUT2D eigenvalue weighted by Crippen LogP contribution is 2.19. The minimum absolute atomic E-state index is 0.290. The topological polar surface area (TPSA) is 77.2 Å². The molecule has 1 heterocycles. The van der Waals surface area contributed by atoms with E-state index in [-0.39, 0.29) is 5.91 Å². The SMILES string of the molecule is CCc1nc(COC)sc1C(=O)NN. The Balaban J connectivity index is 2.96. The lowest BCUT2D eigenvalue weighted by atomic mass is 10.3. The molecular weight excluding hydrogens is 202 g/mol. The van der Waals surface area contributed by atoms with Crippen molar-refractivity contribution in [2.24, 2.45) is 5.84 Å². The average molecular weight is 215 g/mol. The molecule has 0 atom stereocenters. The maximum Gasteiger partial charge on any atom is 0.277 e. The number of rotatable bonds is 4. The van der Waals surface area contributed by atoms with Gasteiger partial charge in [0.15, 0.2) is 0 Å². The van der Waals surface area contributed by atoms with Gasteiger partial charge >= 0.3 is 0 Å². The van der Waals surface area contributed by atoms with Crippen LogP contribution in [0.15, 0.2) is 0 Å². The molecule has 6 heteroatoms. The summed E-state index contributed by atoms with van der Waals surface area (Å²) in [7, 11) is 1.59. The van der Waals surface area contributed by atoms with Gasteiger partial charge < -0.3 is 4.74 Å². The highest BCUT2D eigenvalue weighted by Gasteiger charge is 2.15. The Morgan fingerprint density at radius 3 is 2.93 bits per heavy atom. The van der Waals surface area contributed by atoms with Crippen LogP contribution in [0.3, 0.4) is 0 Å². The van der Waals surface area contributed by atoms with Gasteiger partial charge in [0.1, 0.15) is 9.88 Å². The summed E-state index contributed by atoms with van der Waals surface area (Å²) in [4.78, 5) is 16.1. The van der Waals surface area contributed by atoms with Gasteiger partial charge in [0, 0.05) is 7.11 Å². The maximum absolute atomic E-state index is 11.3. The summed E-state index contributed by atoms with van der Waals surface area (Å²) >= 11 is 1.31. The van der Waals surface area contributed by atoms with Gasteiger partial charge in [-0.3, -0.25) is 10.2 Å². The van der Waals surface area contributed by atoms with Gasteiger partial charge in [0.05, 0.1) is 12.3 Å². The zero-order valence-electron chi connectivity index (χ0n) is 8.16. The van der Waals surface area contributed by atoms with Crippen LogP contribution in [0.2, 0.25) is 0 Å². The molecule has 0 aromatic carbocycles. The standard InChI is InChI=1S/C8H13N3O2S/c1-3-5-7(8(12)11-9)14-6(10-5)4-13-2/h3-4,9H2,1-2H3,(H,11,12). The molecule has 0 saturated heterocycles. The second-order valence-electron chi connectivity index (χ2n) is 2.64. The largest absolute Gasteiger partial charge is 0.378 e. The number of nitrogens with one attached hydrogen (secondary N) is 1. The molecule has 1 rings (SSSR count). The Morgan fingerprint density at radius 1 is 1.71 bits per heavy atom. The molecule has 5 nitrogen and oxygen atoms in total. The van der Waals surface area contributed by atoms with Gasteiger partial charge in [0.2, 0.25) is 0 Å². The molecule has 1 aromatic heterocycles. The number of nitrogens with two attached hydrogens (primary N) is 1. The first kappa shape index (κ1) is 11.1. The van der Waals surface area contributed by atoms with Crippen molar-refractivity contribution in [1.29, 1.82) is 0 Å². The van der Waals surface area contributed by atoms with Crippen LogP contribution in [0.1, 0.15) is 27.3 Å². The molecule has 0 aliphatic carbocycles. The number of carbonyl (C=O) groups is 1. The van der Waals surface area contributed by atoms with Crippen molar-refractivity contribution in [3.63, 3.8) is 0 Å². The fourth-order valence-corrected chi connectivity index (χ4v) is 2.10. The van der Waals surface area contributed by atoms with Crippen LogP contribution in [0.5, 0.6) is 0 Å². The summed E-state index contributed by atoms with van der Waals surface area (Å²) in [6.45, 7) is 2.37. The predicted molar refractivity (Wildman–Crippen MR) is 53.9 cm³/mol. The van der Waals surface area contributed by atoms with E-state index < -0.39 is 0 Å². The first-order valence-electron chi connectivity index (χ1n) is 4.21. The van der Waals surface area contributed by atoms with Crippen LogP contribution in [-0.2, 0) is 17.8 Å². The van der Waals surface area contributed by atoms with E-state index in [1.165, 1.54) is 11.3 Å². The van der Waals surface area contributed by atoms with Crippen LogP contribution in [-0.4, -0.2) is 18.0 Å². The summed E-state index contributed by atoms with van der Waals surface area (Å²) < 4.78 is 4.94. The number of hydrogen-bond donors (Lipinski definition) is 2. The smallest absolute Gasteiger partial charge is 0.277 e. The molecule has 14 heavy (non-hydrogen) atoms. The predicted octanol–water partition coefficient (Wildman–Crippen LogP) is 0.455. The molecule has 0 bridgehead atoms. The van der Waals surface area contributed by atoms with Crippen molar-refractivity contribution in [3.8, 4) is 0 Å². The van der Waals surface area contributed by atoms with Crippen LogP contribution in [0.4, 0.5) is 0 Å². The van der Waals surface area contributed by atoms with E-state index in [4.69, 9.17) is 10.6 Å². The van der Waals surface area contributed by atoms with E-state index in [0.717, 1.165) is 10.7 Å². The number of methoxy groups -OCH3 is 1. The molecule has 0 aliphatic rings. The van der Waals surface area contributed by atoms with Crippen molar-refractivity contribution in [1.82, 2.24) is 10.4 Å². The van der Waals surface area contributed by atoms with Crippen molar-refractivity contribution >= 4 is 17.2 Å². The van der Waals surface area contributed by atoms with Gasteiger partial charge in [-0.05, 0) is 6.42 Å². The number of ether oxygens (including phenoxy) is 1. The molecule has 0 unspecified atom stereocenters. The number of carbonyl (C=O) groups excluding carboxylic acids is 1. The molecule has 0 radical (unpaired) electrons. The minimum atomic E-state index is -0.290. The number of thiazole rings is 1. The van der Waals surface area contributed by atoms with E-state index in [1.54, 1.807) is 7.11 Å². The molecule has 0 spiro atoms. The first-order valence-corrected chi connectivity index (χ1v) is 5.03. The van der Waals surface area contributed by atoms with Crippen molar-refractivity contribution in [2.75, 3.05) is 7.11 Å². The summed E-state index contributed by atoms with van der Waals surface area (Å²) in [5.74, 6) is 4.77. The number of hydrazine groups is 1. The summed E-state index contributed by atoms with van der Waals surface area (Å²) in [5, 5.41) is 0.794. The van der Waals surface area contributed by atoms with E-state index in [1.807, 2.05) is 6.92 Å². The van der Waals surface area contributed by atoms with Crippen molar-refractivity contribution < 1.29 is 9.53 Å². The normalized spacial score (nSPS) is 10.2. The number of nitrogens with zero attached hydrogens (tertiary/aromatic N) is 1. The summed E-state index contributed by atoms with van der Waals surface area (Å²) in [6, 6.07) is 0. The Morgan fingerprint density at radius 2 is 2.43 bits per heavy atom. The molecule has 3 N–H and O–H groups in total. The van der Waals surface area contributed by atoms with Crippen LogP contribution >= 0.6 is 11.3 Å². The van der Waals surface area contributed by atoms with Crippen molar-refractivity contribution in [3.05, 3.63) is 15.6 Å². The number of aromatic nitrogens is 1. The Hall–Kier alpha value is -0.980. The lowest BCUT2D eigenvalue weighted by Crippen LogP contribution is -2.30. The zero-order valence-corrected chi connectivity index (χ0v) is 8.98. The quantitative estimate of drug-likeness (QED) is 0.434. The number of nitrogen functional groups attached to an aromatic ring is 1. The van der Waals surface area contributed by atoms with E-state index in [2.05, 4.69) is 10.4 Å². The second-order valence-corrected chi connectivity index (χ2v) is 3.73. The first-order chi connectivity index (χ1) is 6.72. The molecule has 1 aromatic rings. The summed E-state index contributed by atoms with van der Waals surface area (Å²) in [6.07, 6.45) is 0.711. The van der Waals surface area contributed by atoms with E-state index in [0.29, 0.717) is 17.9 Å². The van der Waals surface area contributed by atoms with Gasteiger partial charge in [-0.1, -0.05) is 6.92 Å². The Bertz CT molecular complexity index is 324. The molecule has 0 aliphatic heterocycles. The lowest BCUT2D eigenvalue weighted by Gasteiger charge is -1.95. The number of hydrogen-bond acceptors (Lipinski definition) is 5. The maximum atomic E-state index is 11.3. The van der Waals surface area contributed by atoms with Gasteiger partial charge in [-0.2, -0.15) is 0 Å². The van der Waals surface area contributed by atoms with Crippen LogP contribution in [0.25, 0.3) is 0 Å². The van der Waals surface area contributed by atoms with Crippen molar-refractivity contribution in [2.45, 2.75) is 20.0 Å². The molecule has 0 fully saturated rings. The molecular formula is C8H13N3O2S. The number of aryl methyl sites for hydroxylation is 1. The van der Waals surface area contributed by atoms with Crippen LogP contribution < -0.4 is 11.3 Å². The molecule has 1 amide bonds. The Labute approximate surface area is 86.3 Å². The van der Waals surface area contributed by atoms with Gasteiger partial charge in [-0.25, -0.2) is 10.8 Å². The number of amides is 1. The highest BCUT2D eigenvalue weighted by atomic mass is 32.1. The highest BCUT2D eigenvalue weighted by molar-refractivity contribution is 7.13. The summed E-state index contributed by atoms with van der Waals surface area (Å²) in [5.41, 5.74) is 2.87. The monoisotopic (exact) mass is 215 g/mol. The van der Waals surface area contributed by atoms with Gasteiger partial charge in [0.25, 0.3) is 5.91 Å². The van der Waals surface area contributed by atoms with E-state index >= 15 is 0 Å². The fraction of sp³-hybridized carbons (Fsp3) is 0.500. The average Bonchev–Trinajstić information content (AvgIpc) is 2.60. The zero-order chi connectivity index (χ0) is 10.6. The lowest BCUT2D eigenvalue weighted by molar-refractivity contribution is 0.0956. The third-order valence-electron chi connectivity index (χ3n) is 1.68.